The van der Waals surface area contributed by atoms with Gasteiger partial charge in [0.05, 0.1) is 17.1 Å². The lowest BCUT2D eigenvalue weighted by Crippen LogP contribution is -2.21. The Morgan fingerprint density at radius 2 is 2.31 bits per heavy atom. The van der Waals surface area contributed by atoms with Crippen molar-refractivity contribution in [2.24, 2.45) is 11.5 Å². The highest BCUT2D eigenvalue weighted by molar-refractivity contribution is 6.31. The maximum atomic E-state index is 10.7. The Morgan fingerprint density at radius 1 is 1.56 bits per heavy atom. The first-order valence-corrected chi connectivity index (χ1v) is 5.13. The molecule has 1 amide bonds. The van der Waals surface area contributed by atoms with E-state index in [-0.39, 0.29) is 6.42 Å². The van der Waals surface area contributed by atoms with Crippen molar-refractivity contribution in [3.63, 3.8) is 0 Å². The van der Waals surface area contributed by atoms with E-state index in [2.05, 4.69) is 9.97 Å². The van der Waals surface area contributed by atoms with Crippen molar-refractivity contribution >= 4 is 28.5 Å². The highest BCUT2D eigenvalue weighted by Gasteiger charge is 2.13. The molecule has 2 rings (SSSR count). The second-order valence-corrected chi connectivity index (χ2v) is 4.00. The number of amides is 1. The number of carbonyl (C=O) groups excluding carboxylic acids is 1. The van der Waals surface area contributed by atoms with Crippen LogP contribution in [0.4, 0.5) is 0 Å². The molecule has 2 aromatic rings. The summed E-state index contributed by atoms with van der Waals surface area (Å²) in [6, 6.07) is 4.77. The van der Waals surface area contributed by atoms with Crippen LogP contribution in [0.2, 0.25) is 5.02 Å². The Hall–Kier alpha value is -1.59. The van der Waals surface area contributed by atoms with Gasteiger partial charge < -0.3 is 16.5 Å². The highest BCUT2D eigenvalue weighted by Crippen LogP contribution is 2.20. The molecule has 0 aliphatic rings. The molecule has 5 N–H and O–H groups in total. The minimum Gasteiger partial charge on any atom is -0.370 e. The van der Waals surface area contributed by atoms with Gasteiger partial charge >= 0.3 is 0 Å². The van der Waals surface area contributed by atoms with Gasteiger partial charge in [-0.1, -0.05) is 11.6 Å². The summed E-state index contributed by atoms with van der Waals surface area (Å²) in [6.45, 7) is 0. The van der Waals surface area contributed by atoms with Crippen LogP contribution >= 0.6 is 11.6 Å². The number of aromatic nitrogens is 2. The monoisotopic (exact) mass is 238 g/mol. The van der Waals surface area contributed by atoms with Crippen molar-refractivity contribution in [2.75, 3.05) is 0 Å². The molecule has 0 radical (unpaired) electrons. The fourth-order valence-corrected chi connectivity index (χ4v) is 1.66. The van der Waals surface area contributed by atoms with Crippen LogP contribution in [-0.4, -0.2) is 15.9 Å². The number of nitrogens with zero attached hydrogens (tertiary/aromatic N) is 1. The van der Waals surface area contributed by atoms with Gasteiger partial charge in [-0.2, -0.15) is 0 Å². The van der Waals surface area contributed by atoms with E-state index in [9.17, 15) is 4.79 Å². The predicted molar refractivity (Wildman–Crippen MR) is 61.8 cm³/mol. The van der Waals surface area contributed by atoms with E-state index in [0.717, 1.165) is 11.0 Å². The minimum atomic E-state index is -0.510. The zero-order chi connectivity index (χ0) is 11.7. The number of fused-ring (bicyclic) bond motifs is 1. The van der Waals surface area contributed by atoms with E-state index in [4.69, 9.17) is 23.1 Å². The van der Waals surface area contributed by atoms with E-state index in [1.54, 1.807) is 18.2 Å². The summed E-state index contributed by atoms with van der Waals surface area (Å²) in [5.41, 5.74) is 12.4. The van der Waals surface area contributed by atoms with E-state index in [0.29, 0.717) is 10.8 Å². The third-order valence-electron chi connectivity index (χ3n) is 2.23. The summed E-state index contributed by atoms with van der Waals surface area (Å²) < 4.78 is 0. The van der Waals surface area contributed by atoms with Crippen LogP contribution in [0.5, 0.6) is 0 Å². The van der Waals surface area contributed by atoms with Gasteiger partial charge in [0.25, 0.3) is 0 Å². The molecular formula is C10H11ClN4O. The average molecular weight is 239 g/mol. The number of aromatic amines is 1. The molecule has 0 saturated heterocycles. The molecule has 84 valence electrons. The summed E-state index contributed by atoms with van der Waals surface area (Å²) in [5.74, 6) is 0.0852. The van der Waals surface area contributed by atoms with Crippen LogP contribution in [0, 0.1) is 0 Å². The number of halogens is 1. The van der Waals surface area contributed by atoms with Crippen LogP contribution < -0.4 is 11.5 Å². The highest BCUT2D eigenvalue weighted by atomic mass is 35.5. The topological polar surface area (TPSA) is 97.8 Å². The van der Waals surface area contributed by atoms with Crippen LogP contribution in [0.1, 0.15) is 18.3 Å². The number of imidazole rings is 1. The summed E-state index contributed by atoms with van der Waals surface area (Å²) in [7, 11) is 0. The Bertz CT molecular complexity index is 537. The molecule has 0 fully saturated rings. The van der Waals surface area contributed by atoms with E-state index < -0.39 is 11.9 Å². The summed E-state index contributed by atoms with van der Waals surface area (Å²) >= 11 is 5.84. The van der Waals surface area contributed by atoms with Crippen LogP contribution in [0.15, 0.2) is 18.2 Å². The average Bonchev–Trinajstić information content (AvgIpc) is 2.59. The Morgan fingerprint density at radius 3 is 3.00 bits per heavy atom. The van der Waals surface area contributed by atoms with Crippen molar-refractivity contribution in [3.05, 3.63) is 29.0 Å². The van der Waals surface area contributed by atoms with Gasteiger partial charge in [0.2, 0.25) is 5.91 Å². The maximum Gasteiger partial charge on any atom is 0.219 e. The van der Waals surface area contributed by atoms with Crippen LogP contribution in [0.25, 0.3) is 11.0 Å². The Kier molecular flexibility index (Phi) is 2.80. The normalized spacial score (nSPS) is 12.9. The first kappa shape index (κ1) is 10.9. The second kappa shape index (κ2) is 4.11. The molecule has 0 aliphatic carbocycles. The number of nitrogens with two attached hydrogens (primary N) is 2. The number of rotatable bonds is 3. The molecule has 0 aliphatic heterocycles. The zero-order valence-electron chi connectivity index (χ0n) is 8.40. The minimum absolute atomic E-state index is 0.0630. The maximum absolute atomic E-state index is 10.7. The summed E-state index contributed by atoms with van der Waals surface area (Å²) in [5, 5.41) is 0.617. The molecule has 0 unspecified atom stereocenters. The van der Waals surface area contributed by atoms with Crippen molar-refractivity contribution in [2.45, 2.75) is 12.5 Å². The molecule has 1 atom stereocenters. The van der Waals surface area contributed by atoms with Crippen molar-refractivity contribution in [3.8, 4) is 0 Å². The standard InChI is InChI=1S/C10H11ClN4O/c11-5-1-2-7-8(3-5)15-10(14-7)6(12)4-9(13)16/h1-3,6H,4,12H2,(H2,13,16)(H,14,15)/t6-/m0/s1. The summed E-state index contributed by atoms with van der Waals surface area (Å²) in [6.07, 6.45) is 0.0630. The van der Waals surface area contributed by atoms with Crippen molar-refractivity contribution < 1.29 is 4.79 Å². The third kappa shape index (κ3) is 2.15. The first-order valence-electron chi connectivity index (χ1n) is 4.75. The molecule has 1 aromatic carbocycles. The molecular weight excluding hydrogens is 228 g/mol. The molecule has 6 heteroatoms. The van der Waals surface area contributed by atoms with Crippen molar-refractivity contribution in [1.82, 2.24) is 9.97 Å². The van der Waals surface area contributed by atoms with E-state index in [1.165, 1.54) is 0 Å². The largest absolute Gasteiger partial charge is 0.370 e. The number of H-pyrrole nitrogens is 1. The lowest BCUT2D eigenvalue weighted by Gasteiger charge is -2.04. The van der Waals surface area contributed by atoms with Crippen molar-refractivity contribution in [1.29, 1.82) is 0 Å². The second-order valence-electron chi connectivity index (χ2n) is 3.56. The summed E-state index contributed by atoms with van der Waals surface area (Å²) in [4.78, 5) is 18.0. The molecule has 0 saturated carbocycles. The molecule has 5 nitrogen and oxygen atoms in total. The van der Waals surface area contributed by atoms with Gasteiger partial charge in [0.15, 0.2) is 0 Å². The van der Waals surface area contributed by atoms with E-state index in [1.807, 2.05) is 0 Å². The number of primary amides is 1. The lowest BCUT2D eigenvalue weighted by molar-refractivity contribution is -0.118. The van der Waals surface area contributed by atoms with Gasteiger partial charge in [-0.05, 0) is 18.2 Å². The number of carbonyl (C=O) groups is 1. The number of hydrogen-bond donors (Lipinski definition) is 3. The fraction of sp³-hybridized carbons (Fsp3) is 0.200. The molecule has 1 heterocycles. The van der Waals surface area contributed by atoms with Crippen LogP contribution in [0.3, 0.4) is 0 Å². The van der Waals surface area contributed by atoms with Gasteiger partial charge in [-0.25, -0.2) is 4.98 Å². The Labute approximate surface area is 96.8 Å². The third-order valence-corrected chi connectivity index (χ3v) is 2.47. The molecule has 1 aromatic heterocycles. The first-order chi connectivity index (χ1) is 7.56. The molecule has 16 heavy (non-hydrogen) atoms. The zero-order valence-corrected chi connectivity index (χ0v) is 9.16. The van der Waals surface area contributed by atoms with Gasteiger partial charge in [-0.3, -0.25) is 4.79 Å². The lowest BCUT2D eigenvalue weighted by atomic mass is 10.2. The van der Waals surface area contributed by atoms with Crippen LogP contribution in [-0.2, 0) is 4.79 Å². The Balaban J connectivity index is 2.35. The number of benzene rings is 1. The SMILES string of the molecule is NC(=O)C[C@H](N)c1nc2ccc(Cl)cc2[nH]1. The quantitative estimate of drug-likeness (QED) is 0.747. The predicted octanol–water partition coefficient (Wildman–Crippen LogP) is 1.09. The number of hydrogen-bond acceptors (Lipinski definition) is 3. The van der Waals surface area contributed by atoms with E-state index >= 15 is 0 Å². The van der Waals surface area contributed by atoms with Gasteiger partial charge in [0, 0.05) is 11.4 Å². The molecule has 0 bridgehead atoms. The fourth-order valence-electron chi connectivity index (χ4n) is 1.49. The van der Waals surface area contributed by atoms with Gasteiger partial charge in [-0.15, -0.1) is 0 Å². The van der Waals surface area contributed by atoms with Gasteiger partial charge in [0.1, 0.15) is 5.82 Å². The molecule has 0 spiro atoms. The number of nitrogens with one attached hydrogen (secondary N) is 1. The smallest absolute Gasteiger partial charge is 0.219 e.